The van der Waals surface area contributed by atoms with Gasteiger partial charge < -0.3 is 4.98 Å². The van der Waals surface area contributed by atoms with Gasteiger partial charge in [-0.2, -0.15) is 0 Å². The van der Waals surface area contributed by atoms with Gasteiger partial charge in [0, 0.05) is 6.20 Å². The fraction of sp³-hybridized carbons (Fsp3) is 0.0488. The second-order valence-electron chi connectivity index (χ2n) is 10.8. The van der Waals surface area contributed by atoms with Gasteiger partial charge in [0.1, 0.15) is 11.2 Å². The molecular formula is C41H32N2. The average molecular weight is 553 g/mol. The zero-order chi connectivity index (χ0) is 29.0. The van der Waals surface area contributed by atoms with Gasteiger partial charge in [-0.3, -0.25) is 0 Å². The Labute approximate surface area is 253 Å². The van der Waals surface area contributed by atoms with Gasteiger partial charge in [0.2, 0.25) is 0 Å². The fourth-order valence-corrected chi connectivity index (χ4v) is 6.69. The molecule has 0 aliphatic carbocycles. The number of nitrogens with one attached hydrogen (secondary N) is 1. The molecule has 2 heteroatoms. The van der Waals surface area contributed by atoms with Crippen LogP contribution < -0.4 is 0 Å². The Morgan fingerprint density at radius 1 is 0.326 bits per heavy atom. The van der Waals surface area contributed by atoms with E-state index in [2.05, 4.69) is 193 Å². The van der Waals surface area contributed by atoms with Crippen molar-refractivity contribution in [3.05, 3.63) is 233 Å². The monoisotopic (exact) mass is 552 g/mol. The Morgan fingerprint density at radius 3 is 0.860 bits per heavy atom. The van der Waals surface area contributed by atoms with Crippen LogP contribution in [0.5, 0.6) is 0 Å². The van der Waals surface area contributed by atoms with Crippen molar-refractivity contribution in [1.82, 2.24) is 9.97 Å². The largest absolute Gasteiger partial charge is 0.347 e. The highest BCUT2D eigenvalue weighted by molar-refractivity contribution is 5.60. The van der Waals surface area contributed by atoms with Crippen LogP contribution in [0.15, 0.2) is 188 Å². The first-order valence-corrected chi connectivity index (χ1v) is 14.7. The van der Waals surface area contributed by atoms with E-state index in [1.165, 1.54) is 0 Å². The Bertz CT molecular complexity index is 1550. The van der Waals surface area contributed by atoms with Crippen molar-refractivity contribution in [2.24, 2.45) is 0 Å². The lowest BCUT2D eigenvalue weighted by Gasteiger charge is -2.36. The lowest BCUT2D eigenvalue weighted by molar-refractivity contribution is 0.671. The SMILES string of the molecule is c1ccc(C(c2ccccc2)(c2ccccc2)c2c[nH]c(C(c3ccccc3)(c3ccccc3)c3ccccc3)n2)cc1. The number of benzene rings is 6. The second-order valence-corrected chi connectivity index (χ2v) is 10.8. The highest BCUT2D eigenvalue weighted by Crippen LogP contribution is 2.48. The molecule has 6 aromatic carbocycles. The zero-order valence-electron chi connectivity index (χ0n) is 23.8. The summed E-state index contributed by atoms with van der Waals surface area (Å²) < 4.78 is 0. The van der Waals surface area contributed by atoms with E-state index >= 15 is 0 Å². The fourth-order valence-electron chi connectivity index (χ4n) is 6.69. The topological polar surface area (TPSA) is 28.7 Å². The minimum atomic E-state index is -0.669. The predicted octanol–water partition coefficient (Wildman–Crippen LogP) is 9.18. The molecule has 7 rings (SSSR count). The number of rotatable bonds is 8. The maximum atomic E-state index is 5.66. The molecule has 7 aromatic rings. The van der Waals surface area contributed by atoms with Crippen LogP contribution in [0.4, 0.5) is 0 Å². The summed E-state index contributed by atoms with van der Waals surface area (Å²) in [5.41, 5.74) is 6.57. The Hall–Kier alpha value is -5.47. The van der Waals surface area contributed by atoms with Crippen LogP contribution in [0, 0.1) is 0 Å². The molecule has 1 heterocycles. The second kappa shape index (κ2) is 11.4. The molecule has 0 saturated heterocycles. The van der Waals surface area contributed by atoms with Crippen LogP contribution in [0.1, 0.15) is 44.9 Å². The minimum absolute atomic E-state index is 0.645. The molecule has 0 bridgehead atoms. The zero-order valence-corrected chi connectivity index (χ0v) is 23.8. The van der Waals surface area contributed by atoms with Crippen LogP contribution in [0.25, 0.3) is 0 Å². The number of aromatic nitrogens is 2. The van der Waals surface area contributed by atoms with Gasteiger partial charge in [-0.15, -0.1) is 0 Å². The molecule has 0 saturated carbocycles. The number of aromatic amines is 1. The van der Waals surface area contributed by atoms with Crippen molar-refractivity contribution in [3.63, 3.8) is 0 Å². The molecule has 0 amide bonds. The van der Waals surface area contributed by atoms with Crippen LogP contribution in [-0.2, 0) is 10.8 Å². The van der Waals surface area contributed by atoms with Crippen molar-refractivity contribution in [1.29, 1.82) is 0 Å². The van der Waals surface area contributed by atoms with Crippen molar-refractivity contribution in [2.45, 2.75) is 10.8 Å². The molecule has 1 aromatic heterocycles. The van der Waals surface area contributed by atoms with E-state index < -0.39 is 10.8 Å². The van der Waals surface area contributed by atoms with Gasteiger partial charge in [-0.1, -0.05) is 182 Å². The molecule has 0 atom stereocenters. The minimum Gasteiger partial charge on any atom is -0.347 e. The summed E-state index contributed by atoms with van der Waals surface area (Å²) in [5.74, 6) is 0.873. The molecule has 1 N–H and O–H groups in total. The number of imidazole rings is 1. The van der Waals surface area contributed by atoms with Crippen LogP contribution in [0.2, 0.25) is 0 Å². The first-order chi connectivity index (χ1) is 21.3. The number of hydrogen-bond donors (Lipinski definition) is 1. The molecule has 0 unspecified atom stereocenters. The quantitative estimate of drug-likeness (QED) is 0.187. The summed E-state index contributed by atoms with van der Waals surface area (Å²) in [6.45, 7) is 0. The van der Waals surface area contributed by atoms with Gasteiger partial charge >= 0.3 is 0 Å². The first kappa shape index (κ1) is 26.4. The Morgan fingerprint density at radius 2 is 0.581 bits per heavy atom. The van der Waals surface area contributed by atoms with Crippen LogP contribution in [-0.4, -0.2) is 9.97 Å². The summed E-state index contributed by atoms with van der Waals surface area (Å²) in [5, 5.41) is 0. The maximum absolute atomic E-state index is 5.66. The Balaban J connectivity index is 1.58. The van der Waals surface area contributed by atoms with Gasteiger partial charge in [-0.25, -0.2) is 4.98 Å². The molecule has 0 radical (unpaired) electrons. The molecule has 0 aliphatic rings. The highest BCUT2D eigenvalue weighted by Gasteiger charge is 2.45. The first-order valence-electron chi connectivity index (χ1n) is 14.7. The normalized spacial score (nSPS) is 11.7. The average Bonchev–Trinajstić information content (AvgIpc) is 3.59. The number of hydrogen-bond acceptors (Lipinski definition) is 1. The Kier molecular flexibility index (Phi) is 7.02. The molecule has 0 fully saturated rings. The van der Waals surface area contributed by atoms with E-state index in [0.717, 1.165) is 44.9 Å². The number of nitrogens with zero attached hydrogens (tertiary/aromatic N) is 1. The van der Waals surface area contributed by atoms with Crippen LogP contribution >= 0.6 is 0 Å². The summed E-state index contributed by atoms with van der Waals surface area (Å²) in [6, 6.07) is 64.4. The van der Waals surface area contributed by atoms with Crippen molar-refractivity contribution < 1.29 is 0 Å². The third-order valence-corrected chi connectivity index (χ3v) is 8.56. The van der Waals surface area contributed by atoms with Crippen molar-refractivity contribution in [3.8, 4) is 0 Å². The molecule has 0 aliphatic heterocycles. The summed E-state index contributed by atoms with van der Waals surface area (Å²) in [4.78, 5) is 9.40. The van der Waals surface area contributed by atoms with E-state index in [0.29, 0.717) is 0 Å². The van der Waals surface area contributed by atoms with E-state index in [1.54, 1.807) is 0 Å². The maximum Gasteiger partial charge on any atom is 0.126 e. The van der Waals surface area contributed by atoms with E-state index in [-0.39, 0.29) is 0 Å². The van der Waals surface area contributed by atoms with E-state index in [9.17, 15) is 0 Å². The van der Waals surface area contributed by atoms with Crippen LogP contribution in [0.3, 0.4) is 0 Å². The number of H-pyrrole nitrogens is 1. The molecule has 43 heavy (non-hydrogen) atoms. The third-order valence-electron chi connectivity index (χ3n) is 8.56. The van der Waals surface area contributed by atoms with Gasteiger partial charge in [0.05, 0.1) is 11.1 Å². The lowest BCUT2D eigenvalue weighted by atomic mass is 9.67. The summed E-state index contributed by atoms with van der Waals surface area (Å²) in [6.07, 6.45) is 2.12. The lowest BCUT2D eigenvalue weighted by Crippen LogP contribution is -2.34. The summed E-state index contributed by atoms with van der Waals surface area (Å²) >= 11 is 0. The molecule has 0 spiro atoms. The smallest absolute Gasteiger partial charge is 0.126 e. The van der Waals surface area contributed by atoms with Gasteiger partial charge in [-0.05, 0) is 33.4 Å². The van der Waals surface area contributed by atoms with Crippen molar-refractivity contribution >= 4 is 0 Å². The third kappa shape index (κ3) is 4.40. The standard InChI is InChI=1S/C41H32N2/c1-7-19-32(20-8-1)40(33-21-9-2-10-22-33,34-23-11-3-12-24-34)38-31-42-39(43-38)41(35-25-13-4-14-26-35,36-27-15-5-16-28-36)37-29-17-6-18-30-37/h1-31H,(H,42,43). The molecule has 206 valence electrons. The molecule has 2 nitrogen and oxygen atoms in total. The van der Waals surface area contributed by atoms with Gasteiger partial charge in [0.15, 0.2) is 0 Å². The summed E-state index contributed by atoms with van der Waals surface area (Å²) in [7, 11) is 0. The van der Waals surface area contributed by atoms with Gasteiger partial charge in [0.25, 0.3) is 0 Å². The predicted molar refractivity (Wildman–Crippen MR) is 175 cm³/mol. The van der Waals surface area contributed by atoms with Crippen molar-refractivity contribution in [2.75, 3.05) is 0 Å². The highest BCUT2D eigenvalue weighted by atomic mass is 15.0. The molecular weight excluding hydrogens is 520 g/mol. The van der Waals surface area contributed by atoms with E-state index in [4.69, 9.17) is 4.98 Å². The van der Waals surface area contributed by atoms with E-state index in [1.807, 2.05) is 0 Å².